The molecule has 0 saturated carbocycles. The molecule has 1 aromatic heterocycles. The number of halogens is 1. The summed E-state index contributed by atoms with van der Waals surface area (Å²) < 4.78 is 1.71. The molecule has 154 valence electrons. The molecule has 0 unspecified atom stereocenters. The van der Waals surface area contributed by atoms with Crippen LogP contribution in [0.5, 0.6) is 0 Å². The Kier molecular flexibility index (Phi) is 6.69. The highest BCUT2D eigenvalue weighted by molar-refractivity contribution is 6.31. The summed E-state index contributed by atoms with van der Waals surface area (Å²) in [6, 6.07) is 15.2. The first-order chi connectivity index (χ1) is 14.3. The second-order valence-corrected chi connectivity index (χ2v) is 7.27. The quantitative estimate of drug-likeness (QED) is 0.559. The van der Waals surface area contributed by atoms with Crippen LogP contribution in [-0.2, 0) is 16.1 Å². The van der Waals surface area contributed by atoms with Crippen molar-refractivity contribution >= 4 is 40.9 Å². The van der Waals surface area contributed by atoms with Crippen LogP contribution in [-0.4, -0.2) is 21.6 Å². The second-order valence-electron chi connectivity index (χ2n) is 6.92. The van der Waals surface area contributed by atoms with Gasteiger partial charge in [0.1, 0.15) is 5.15 Å². The van der Waals surface area contributed by atoms with E-state index in [2.05, 4.69) is 15.7 Å². The average Bonchev–Trinajstić information content (AvgIpc) is 2.96. The lowest BCUT2D eigenvalue weighted by molar-refractivity contribution is -0.114. The number of hydrogen-bond acceptors (Lipinski definition) is 3. The lowest BCUT2D eigenvalue weighted by Crippen LogP contribution is -2.12. The third kappa shape index (κ3) is 5.15. The van der Waals surface area contributed by atoms with E-state index in [9.17, 15) is 9.59 Å². The van der Waals surface area contributed by atoms with Crippen LogP contribution in [0.4, 0.5) is 11.4 Å². The molecule has 0 aliphatic carbocycles. The summed E-state index contributed by atoms with van der Waals surface area (Å²) in [7, 11) is 0. The number of amides is 2. The van der Waals surface area contributed by atoms with Crippen molar-refractivity contribution in [2.75, 3.05) is 10.6 Å². The number of anilines is 2. The number of nitrogens with one attached hydrogen (secondary N) is 2. The zero-order valence-electron chi connectivity index (χ0n) is 17.1. The van der Waals surface area contributed by atoms with Crippen LogP contribution in [0.3, 0.4) is 0 Å². The number of aromatic nitrogens is 2. The van der Waals surface area contributed by atoms with Gasteiger partial charge >= 0.3 is 0 Å². The molecule has 0 aliphatic heterocycles. The summed E-state index contributed by atoms with van der Waals surface area (Å²) in [5.74, 6) is -0.469. The first-order valence-electron chi connectivity index (χ1n) is 9.48. The highest BCUT2D eigenvalue weighted by Crippen LogP contribution is 2.24. The molecule has 3 aromatic rings. The van der Waals surface area contributed by atoms with E-state index in [-0.39, 0.29) is 11.8 Å². The Hall–Kier alpha value is -3.38. The minimum Gasteiger partial charge on any atom is -0.326 e. The van der Waals surface area contributed by atoms with Crippen molar-refractivity contribution in [3.8, 4) is 0 Å². The molecule has 0 bridgehead atoms. The summed E-state index contributed by atoms with van der Waals surface area (Å²) in [6.45, 7) is 5.68. The van der Waals surface area contributed by atoms with Gasteiger partial charge in [-0.2, -0.15) is 5.10 Å². The molecule has 30 heavy (non-hydrogen) atoms. The molecule has 1 heterocycles. The van der Waals surface area contributed by atoms with Gasteiger partial charge in [-0.05, 0) is 43.2 Å². The fourth-order valence-electron chi connectivity index (χ4n) is 3.05. The molecule has 2 amide bonds. The van der Waals surface area contributed by atoms with Crippen LogP contribution < -0.4 is 10.6 Å². The van der Waals surface area contributed by atoms with Gasteiger partial charge in [-0.15, -0.1) is 0 Å². The molecular formula is C23H23ClN4O2. The third-order valence-electron chi connectivity index (χ3n) is 4.59. The monoisotopic (exact) mass is 422 g/mol. The van der Waals surface area contributed by atoms with Crippen LogP contribution in [0, 0.1) is 13.8 Å². The number of hydrogen-bond donors (Lipinski definition) is 2. The first-order valence-corrected chi connectivity index (χ1v) is 9.86. The van der Waals surface area contributed by atoms with Gasteiger partial charge < -0.3 is 10.6 Å². The molecule has 0 spiro atoms. The lowest BCUT2D eigenvalue weighted by atomic mass is 10.1. The standard InChI is InChI=1S/C23H23ClN4O2/c1-15-20(25-17(3)29)10-7-11-21(15)26-22(30)13-12-19-16(2)27-28(23(19)24)14-18-8-5-4-6-9-18/h4-13H,14H2,1-3H3,(H,25,29)(H,26,30)/b13-12+. The minimum absolute atomic E-state index is 0.167. The van der Waals surface area contributed by atoms with Crippen LogP contribution in [0.25, 0.3) is 6.08 Å². The summed E-state index contributed by atoms with van der Waals surface area (Å²) in [5.41, 5.74) is 4.59. The van der Waals surface area contributed by atoms with E-state index in [4.69, 9.17) is 11.6 Å². The number of benzene rings is 2. The Balaban J connectivity index is 1.73. The molecule has 2 aromatic carbocycles. The van der Waals surface area contributed by atoms with Gasteiger partial charge in [0.2, 0.25) is 11.8 Å². The fraction of sp³-hybridized carbons (Fsp3) is 0.174. The maximum absolute atomic E-state index is 12.4. The van der Waals surface area contributed by atoms with E-state index >= 15 is 0 Å². The molecule has 3 rings (SSSR count). The maximum atomic E-state index is 12.4. The first kappa shape index (κ1) is 21.3. The normalized spacial score (nSPS) is 10.9. The van der Waals surface area contributed by atoms with E-state index in [0.29, 0.717) is 28.6 Å². The topological polar surface area (TPSA) is 76.0 Å². The molecule has 0 saturated heterocycles. The fourth-order valence-corrected chi connectivity index (χ4v) is 3.34. The minimum atomic E-state index is -0.302. The van der Waals surface area contributed by atoms with Gasteiger partial charge in [-0.25, -0.2) is 4.68 Å². The Morgan fingerprint density at radius 2 is 1.70 bits per heavy atom. The molecule has 2 N–H and O–H groups in total. The summed E-state index contributed by atoms with van der Waals surface area (Å²) >= 11 is 6.49. The SMILES string of the molecule is CC(=O)Nc1cccc(NC(=O)/C=C/c2c(C)nn(Cc3ccccc3)c2Cl)c1C. The van der Waals surface area contributed by atoms with Crippen LogP contribution in [0.1, 0.15) is 29.3 Å². The van der Waals surface area contributed by atoms with Crippen molar-refractivity contribution in [3.05, 3.63) is 82.1 Å². The lowest BCUT2D eigenvalue weighted by Gasteiger charge is -2.11. The zero-order valence-corrected chi connectivity index (χ0v) is 17.8. The van der Waals surface area contributed by atoms with Crippen molar-refractivity contribution in [1.29, 1.82) is 0 Å². The third-order valence-corrected chi connectivity index (χ3v) is 4.99. The molecular weight excluding hydrogens is 400 g/mol. The van der Waals surface area contributed by atoms with E-state index in [1.165, 1.54) is 13.0 Å². The molecule has 0 radical (unpaired) electrons. The van der Waals surface area contributed by atoms with Crippen molar-refractivity contribution in [3.63, 3.8) is 0 Å². The van der Waals surface area contributed by atoms with Gasteiger partial charge in [0.25, 0.3) is 0 Å². The van der Waals surface area contributed by atoms with E-state index < -0.39 is 0 Å². The molecule has 0 atom stereocenters. The Labute approximate surface area is 180 Å². The summed E-state index contributed by atoms with van der Waals surface area (Å²) in [4.78, 5) is 23.7. The molecule has 7 heteroatoms. The number of aryl methyl sites for hydroxylation is 1. The van der Waals surface area contributed by atoms with Gasteiger partial charge in [0.05, 0.1) is 12.2 Å². The van der Waals surface area contributed by atoms with Gasteiger partial charge in [-0.3, -0.25) is 9.59 Å². The Morgan fingerprint density at radius 3 is 2.37 bits per heavy atom. The van der Waals surface area contributed by atoms with Crippen molar-refractivity contribution in [2.45, 2.75) is 27.3 Å². The van der Waals surface area contributed by atoms with Gasteiger partial charge in [0, 0.05) is 29.9 Å². The zero-order chi connectivity index (χ0) is 21.7. The largest absolute Gasteiger partial charge is 0.326 e. The smallest absolute Gasteiger partial charge is 0.248 e. The van der Waals surface area contributed by atoms with E-state index in [0.717, 1.165) is 16.8 Å². The Morgan fingerprint density at radius 1 is 1.03 bits per heavy atom. The van der Waals surface area contributed by atoms with Crippen LogP contribution in [0.15, 0.2) is 54.6 Å². The van der Waals surface area contributed by atoms with Crippen molar-refractivity contribution < 1.29 is 9.59 Å². The molecule has 0 aliphatic rings. The van der Waals surface area contributed by atoms with E-state index in [1.54, 1.807) is 29.0 Å². The Bertz CT molecular complexity index is 1100. The number of carbonyl (C=O) groups excluding carboxylic acids is 2. The highest BCUT2D eigenvalue weighted by atomic mass is 35.5. The molecule has 0 fully saturated rings. The maximum Gasteiger partial charge on any atom is 0.248 e. The van der Waals surface area contributed by atoms with Crippen molar-refractivity contribution in [2.24, 2.45) is 0 Å². The highest BCUT2D eigenvalue weighted by Gasteiger charge is 2.12. The average molecular weight is 423 g/mol. The van der Waals surface area contributed by atoms with Crippen LogP contribution in [0.2, 0.25) is 5.15 Å². The number of nitrogens with zero attached hydrogens (tertiary/aromatic N) is 2. The predicted molar refractivity (Wildman–Crippen MR) is 121 cm³/mol. The van der Waals surface area contributed by atoms with E-state index in [1.807, 2.05) is 44.2 Å². The predicted octanol–water partition coefficient (Wildman–Crippen LogP) is 4.81. The van der Waals surface area contributed by atoms with Gasteiger partial charge in [0.15, 0.2) is 0 Å². The van der Waals surface area contributed by atoms with Gasteiger partial charge in [-0.1, -0.05) is 48.0 Å². The summed E-state index contributed by atoms with van der Waals surface area (Å²) in [5, 5.41) is 10.5. The number of rotatable bonds is 6. The van der Waals surface area contributed by atoms with Crippen molar-refractivity contribution in [1.82, 2.24) is 9.78 Å². The molecule has 6 nitrogen and oxygen atoms in total. The second kappa shape index (κ2) is 9.41. The number of carbonyl (C=O) groups is 2. The summed E-state index contributed by atoms with van der Waals surface area (Å²) in [6.07, 6.45) is 3.09. The van der Waals surface area contributed by atoms with Crippen LogP contribution >= 0.6 is 11.6 Å².